The third kappa shape index (κ3) is 11.3. The van der Waals surface area contributed by atoms with E-state index in [0.29, 0.717) is 12.2 Å². The van der Waals surface area contributed by atoms with Crippen LogP contribution in [-0.2, 0) is 4.79 Å². The van der Waals surface area contributed by atoms with Gasteiger partial charge in [-0.25, -0.2) is 4.79 Å². The first-order chi connectivity index (χ1) is 6.63. The molecule has 3 N–H and O–H groups in total. The van der Waals surface area contributed by atoms with Crippen LogP contribution >= 0.6 is 11.8 Å². The first-order valence-electron chi connectivity index (χ1n) is 3.89. The van der Waals surface area contributed by atoms with Crippen molar-refractivity contribution in [3.05, 3.63) is 4.91 Å². The van der Waals surface area contributed by atoms with Crippen molar-refractivity contribution in [2.24, 2.45) is 5.18 Å². The normalized spacial score (nSPS) is 11.1. The van der Waals surface area contributed by atoms with Gasteiger partial charge in [0.2, 0.25) is 0 Å². The smallest absolute Gasteiger partial charge is 0.332 e. The Morgan fingerprint density at radius 3 is 2.14 bits per heavy atom. The SMILES string of the molecule is CSCC[C@H](N=O)C(=O)O.OCCO. The highest BCUT2D eigenvalue weighted by Gasteiger charge is 2.16. The zero-order chi connectivity index (χ0) is 11.4. The van der Waals surface area contributed by atoms with Gasteiger partial charge >= 0.3 is 5.97 Å². The minimum absolute atomic E-state index is 0.125. The van der Waals surface area contributed by atoms with Crippen molar-refractivity contribution in [1.29, 1.82) is 0 Å². The Kier molecular flexibility index (Phi) is 13.9. The number of aliphatic hydroxyl groups excluding tert-OH is 2. The first-order valence-corrected chi connectivity index (χ1v) is 5.29. The molecule has 0 fully saturated rings. The predicted octanol–water partition coefficient (Wildman–Crippen LogP) is -0.0699. The molecule has 0 radical (unpaired) electrons. The van der Waals surface area contributed by atoms with E-state index in [-0.39, 0.29) is 13.2 Å². The molecular formula is C7H15NO5S. The zero-order valence-electron chi connectivity index (χ0n) is 7.92. The number of carbonyl (C=O) groups is 1. The average molecular weight is 225 g/mol. The first kappa shape index (κ1) is 15.8. The van der Waals surface area contributed by atoms with Crippen LogP contribution in [0.3, 0.4) is 0 Å². The van der Waals surface area contributed by atoms with Crippen molar-refractivity contribution >= 4 is 17.7 Å². The third-order valence-corrected chi connectivity index (χ3v) is 1.75. The van der Waals surface area contributed by atoms with Crippen LogP contribution in [0.1, 0.15) is 6.42 Å². The van der Waals surface area contributed by atoms with Gasteiger partial charge in [-0.2, -0.15) is 11.8 Å². The van der Waals surface area contributed by atoms with E-state index >= 15 is 0 Å². The van der Waals surface area contributed by atoms with E-state index in [1.165, 1.54) is 11.8 Å². The topological polar surface area (TPSA) is 107 Å². The molecule has 0 saturated heterocycles. The molecule has 0 aliphatic carbocycles. The van der Waals surface area contributed by atoms with Crippen molar-refractivity contribution < 1.29 is 20.1 Å². The van der Waals surface area contributed by atoms with Gasteiger partial charge in [-0.05, 0) is 18.4 Å². The molecule has 1 atom stereocenters. The Morgan fingerprint density at radius 1 is 1.43 bits per heavy atom. The molecule has 0 rings (SSSR count). The molecule has 0 aromatic rings. The van der Waals surface area contributed by atoms with Gasteiger partial charge in [0.25, 0.3) is 0 Å². The minimum Gasteiger partial charge on any atom is -0.480 e. The summed E-state index contributed by atoms with van der Waals surface area (Å²) < 4.78 is 0. The summed E-state index contributed by atoms with van der Waals surface area (Å²) in [4.78, 5) is 19.9. The molecule has 0 unspecified atom stereocenters. The summed E-state index contributed by atoms with van der Waals surface area (Å²) in [6.45, 7) is -0.250. The summed E-state index contributed by atoms with van der Waals surface area (Å²) in [7, 11) is 0. The van der Waals surface area contributed by atoms with E-state index in [0.717, 1.165) is 0 Å². The van der Waals surface area contributed by atoms with Crippen LogP contribution in [0.25, 0.3) is 0 Å². The maximum Gasteiger partial charge on any atom is 0.332 e. The van der Waals surface area contributed by atoms with Crippen LogP contribution in [0.2, 0.25) is 0 Å². The zero-order valence-corrected chi connectivity index (χ0v) is 8.74. The quantitative estimate of drug-likeness (QED) is 0.546. The van der Waals surface area contributed by atoms with Crippen LogP contribution < -0.4 is 0 Å². The largest absolute Gasteiger partial charge is 0.480 e. The Labute approximate surface area is 86.3 Å². The molecule has 0 bridgehead atoms. The number of thioether (sulfide) groups is 1. The van der Waals surface area contributed by atoms with Crippen LogP contribution in [-0.4, -0.2) is 52.6 Å². The van der Waals surface area contributed by atoms with Crippen molar-refractivity contribution in [2.75, 3.05) is 25.2 Å². The van der Waals surface area contributed by atoms with E-state index in [1.54, 1.807) is 0 Å². The van der Waals surface area contributed by atoms with E-state index in [1.807, 2.05) is 6.26 Å². The molecular weight excluding hydrogens is 210 g/mol. The van der Waals surface area contributed by atoms with Gasteiger partial charge in [0, 0.05) is 0 Å². The summed E-state index contributed by atoms with van der Waals surface area (Å²) in [5.41, 5.74) is 0. The second-order valence-electron chi connectivity index (χ2n) is 2.19. The number of hydrogen-bond acceptors (Lipinski definition) is 6. The van der Waals surface area contributed by atoms with E-state index in [9.17, 15) is 9.70 Å². The molecule has 0 aliphatic heterocycles. The lowest BCUT2D eigenvalue weighted by Crippen LogP contribution is -2.17. The monoisotopic (exact) mass is 225 g/mol. The fourth-order valence-corrected chi connectivity index (χ4v) is 0.910. The summed E-state index contributed by atoms with van der Waals surface area (Å²) in [5, 5.41) is 26.0. The van der Waals surface area contributed by atoms with Crippen molar-refractivity contribution in [3.63, 3.8) is 0 Å². The fourth-order valence-electron chi connectivity index (χ4n) is 0.451. The Hall–Kier alpha value is -0.660. The van der Waals surface area contributed by atoms with Gasteiger partial charge in [0.1, 0.15) is 0 Å². The highest BCUT2D eigenvalue weighted by molar-refractivity contribution is 7.98. The molecule has 0 amide bonds. The lowest BCUT2D eigenvalue weighted by atomic mass is 10.2. The van der Waals surface area contributed by atoms with E-state index < -0.39 is 12.0 Å². The third-order valence-electron chi connectivity index (χ3n) is 1.11. The number of rotatable bonds is 6. The molecule has 84 valence electrons. The van der Waals surface area contributed by atoms with E-state index in [4.69, 9.17) is 15.3 Å². The molecule has 0 spiro atoms. The molecule has 7 heteroatoms. The number of nitrogens with zero attached hydrogens (tertiary/aromatic N) is 1. The number of hydrogen-bond donors (Lipinski definition) is 3. The van der Waals surface area contributed by atoms with Gasteiger partial charge in [-0.1, -0.05) is 5.18 Å². The summed E-state index contributed by atoms with van der Waals surface area (Å²) in [6.07, 6.45) is 2.17. The fraction of sp³-hybridized carbons (Fsp3) is 0.857. The lowest BCUT2D eigenvalue weighted by molar-refractivity contribution is -0.138. The number of carboxylic acids is 1. The van der Waals surface area contributed by atoms with Gasteiger partial charge in [0.05, 0.1) is 13.2 Å². The maximum absolute atomic E-state index is 10.1. The molecule has 0 saturated carbocycles. The molecule has 14 heavy (non-hydrogen) atoms. The van der Waals surface area contributed by atoms with Crippen LogP contribution in [0.15, 0.2) is 5.18 Å². The Morgan fingerprint density at radius 2 is 1.93 bits per heavy atom. The highest BCUT2D eigenvalue weighted by Crippen LogP contribution is 2.03. The minimum atomic E-state index is -1.14. The molecule has 6 nitrogen and oxygen atoms in total. The van der Waals surface area contributed by atoms with Gasteiger partial charge < -0.3 is 15.3 Å². The molecule has 0 aromatic carbocycles. The van der Waals surface area contributed by atoms with Crippen LogP contribution in [0, 0.1) is 4.91 Å². The van der Waals surface area contributed by atoms with Crippen molar-refractivity contribution in [2.45, 2.75) is 12.5 Å². The standard InChI is InChI=1S/C5H9NO3S.C2H6O2/c1-10-3-2-4(6-9)5(7)8;3-1-2-4/h4H,2-3H2,1H3,(H,7,8);3-4H,1-2H2/t4-;/m0./s1. The lowest BCUT2D eigenvalue weighted by Gasteiger charge is -1.99. The molecule has 0 aliphatic rings. The van der Waals surface area contributed by atoms with Crippen LogP contribution in [0.4, 0.5) is 0 Å². The Balaban J connectivity index is 0. The second-order valence-corrected chi connectivity index (χ2v) is 3.17. The van der Waals surface area contributed by atoms with E-state index in [2.05, 4.69) is 5.18 Å². The van der Waals surface area contributed by atoms with Crippen molar-refractivity contribution in [3.8, 4) is 0 Å². The predicted molar refractivity (Wildman–Crippen MR) is 54.4 cm³/mol. The average Bonchev–Trinajstić information content (AvgIpc) is 2.19. The second kappa shape index (κ2) is 12.3. The summed E-state index contributed by atoms with van der Waals surface area (Å²) in [5.74, 6) is -0.480. The maximum atomic E-state index is 10.1. The number of aliphatic carboxylic acids is 1. The van der Waals surface area contributed by atoms with Gasteiger partial charge in [0.15, 0.2) is 6.04 Å². The van der Waals surface area contributed by atoms with Crippen molar-refractivity contribution in [1.82, 2.24) is 0 Å². The molecule has 0 heterocycles. The van der Waals surface area contributed by atoms with Gasteiger partial charge in [-0.15, -0.1) is 4.91 Å². The number of aliphatic hydroxyl groups is 2. The summed E-state index contributed by atoms with van der Waals surface area (Å²) in [6, 6.07) is -1.06. The van der Waals surface area contributed by atoms with Crippen LogP contribution in [0.5, 0.6) is 0 Å². The Bertz CT molecular complexity index is 153. The number of carboxylic acid groups (broad SMARTS) is 1. The summed E-state index contributed by atoms with van der Waals surface area (Å²) >= 11 is 1.50. The number of nitroso groups, excluding NO2 is 1. The highest BCUT2D eigenvalue weighted by atomic mass is 32.2. The molecule has 0 aromatic heterocycles. The van der Waals surface area contributed by atoms with Gasteiger partial charge in [-0.3, -0.25) is 0 Å².